The van der Waals surface area contributed by atoms with Crippen LogP contribution in [0.1, 0.15) is 15.9 Å². The number of nitrogens with zero attached hydrogens (tertiary/aromatic N) is 2. The number of rotatable bonds is 8. The molecule has 0 aliphatic carbocycles. The van der Waals surface area contributed by atoms with E-state index in [0.717, 1.165) is 0 Å². The molecular weight excluding hydrogens is 436 g/mol. The average molecular weight is 460 g/mol. The first-order valence-electron chi connectivity index (χ1n) is 10.4. The van der Waals surface area contributed by atoms with E-state index in [-0.39, 0.29) is 35.7 Å². The van der Waals surface area contributed by atoms with Gasteiger partial charge in [0.2, 0.25) is 11.8 Å². The Balaban J connectivity index is 1.94. The van der Waals surface area contributed by atoms with Crippen molar-refractivity contribution < 1.29 is 24.3 Å². The second-order valence-corrected chi connectivity index (χ2v) is 7.41. The van der Waals surface area contributed by atoms with Crippen LogP contribution in [-0.4, -0.2) is 42.5 Å². The number of aromatic carboxylic acids is 1. The van der Waals surface area contributed by atoms with Crippen LogP contribution in [0.5, 0.6) is 0 Å². The molecule has 34 heavy (non-hydrogen) atoms. The summed E-state index contributed by atoms with van der Waals surface area (Å²) >= 11 is 0. The molecule has 0 bridgehead atoms. The third kappa shape index (κ3) is 5.77. The lowest BCUT2D eigenvalue weighted by Gasteiger charge is -2.26. The summed E-state index contributed by atoms with van der Waals surface area (Å²) in [5.74, 6) is -2.13. The summed E-state index contributed by atoms with van der Waals surface area (Å²) in [5.41, 5.74) is 6.40. The molecule has 0 spiro atoms. The summed E-state index contributed by atoms with van der Waals surface area (Å²) in [6, 6.07) is 20.9. The number of anilines is 3. The number of hydrogen-bond donors (Lipinski definition) is 3. The molecule has 4 N–H and O–H groups in total. The number of benzene rings is 3. The Morgan fingerprint density at radius 2 is 1.41 bits per heavy atom. The van der Waals surface area contributed by atoms with Crippen molar-refractivity contribution in [2.45, 2.75) is 6.42 Å². The number of nitrogens with two attached hydrogens (primary N) is 1. The van der Waals surface area contributed by atoms with Crippen LogP contribution in [0, 0.1) is 0 Å². The number of carbonyl (C=O) groups is 4. The second kappa shape index (κ2) is 10.8. The van der Waals surface area contributed by atoms with E-state index in [1.807, 2.05) is 6.07 Å². The fourth-order valence-corrected chi connectivity index (χ4v) is 3.44. The number of carbonyl (C=O) groups excluding carboxylic acids is 3. The molecule has 0 radical (unpaired) electrons. The number of nitrogens with one attached hydrogen (secondary N) is 1. The minimum atomic E-state index is -1.26. The quantitative estimate of drug-likeness (QED) is 0.475. The Hall–Kier alpha value is -4.66. The van der Waals surface area contributed by atoms with Gasteiger partial charge in [-0.1, -0.05) is 42.5 Å². The average Bonchev–Trinajstić information content (AvgIpc) is 2.83. The zero-order chi connectivity index (χ0) is 24.7. The van der Waals surface area contributed by atoms with Crippen LogP contribution in [0.3, 0.4) is 0 Å². The van der Waals surface area contributed by atoms with E-state index in [0.29, 0.717) is 11.4 Å². The Bertz CT molecular complexity index is 1200. The topological polar surface area (TPSA) is 133 Å². The molecule has 0 unspecified atom stereocenters. The Morgan fingerprint density at radius 3 is 1.97 bits per heavy atom. The Kier molecular flexibility index (Phi) is 7.60. The fourth-order valence-electron chi connectivity index (χ4n) is 3.44. The minimum Gasteiger partial charge on any atom is -0.478 e. The summed E-state index contributed by atoms with van der Waals surface area (Å²) in [7, 11) is 1.61. The first-order valence-corrected chi connectivity index (χ1v) is 10.4. The molecule has 0 aliphatic rings. The van der Waals surface area contributed by atoms with Gasteiger partial charge in [-0.05, 0) is 42.0 Å². The van der Waals surface area contributed by atoms with Gasteiger partial charge in [0.15, 0.2) is 0 Å². The third-order valence-electron chi connectivity index (χ3n) is 5.17. The number of para-hydroxylation sites is 2. The molecule has 0 heterocycles. The number of amides is 4. The zero-order valence-corrected chi connectivity index (χ0v) is 18.5. The molecule has 0 aromatic heterocycles. The summed E-state index contributed by atoms with van der Waals surface area (Å²) in [4.78, 5) is 52.4. The van der Waals surface area contributed by atoms with E-state index in [1.165, 1.54) is 28.0 Å². The van der Waals surface area contributed by atoms with Gasteiger partial charge in [0.1, 0.15) is 6.54 Å². The SMILES string of the molecule is CN(C(=O)CN(C(=O)Cc1c(NC(N)=O)cccc1C(=O)O)c1ccccc1)c1ccccc1. The molecule has 3 aromatic carbocycles. The van der Waals surface area contributed by atoms with E-state index in [4.69, 9.17) is 5.73 Å². The molecule has 0 saturated heterocycles. The highest BCUT2D eigenvalue weighted by Crippen LogP contribution is 2.24. The second-order valence-electron chi connectivity index (χ2n) is 7.41. The van der Waals surface area contributed by atoms with Crippen molar-refractivity contribution in [3.8, 4) is 0 Å². The molecule has 3 aromatic rings. The maximum absolute atomic E-state index is 13.4. The normalized spacial score (nSPS) is 10.3. The van der Waals surface area contributed by atoms with Gasteiger partial charge in [0.05, 0.1) is 12.0 Å². The summed E-state index contributed by atoms with van der Waals surface area (Å²) < 4.78 is 0. The third-order valence-corrected chi connectivity index (χ3v) is 5.17. The first-order chi connectivity index (χ1) is 16.3. The molecule has 0 atom stereocenters. The minimum absolute atomic E-state index is 0.0867. The molecule has 0 saturated carbocycles. The number of primary amides is 1. The largest absolute Gasteiger partial charge is 0.478 e. The summed E-state index contributed by atoms with van der Waals surface area (Å²) in [6.07, 6.45) is -0.380. The van der Waals surface area contributed by atoms with Gasteiger partial charge in [0, 0.05) is 24.1 Å². The predicted molar refractivity (Wildman–Crippen MR) is 129 cm³/mol. The molecule has 0 fully saturated rings. The number of carboxylic acid groups (broad SMARTS) is 1. The van der Waals surface area contributed by atoms with Crippen molar-refractivity contribution in [3.63, 3.8) is 0 Å². The molecular formula is C25H24N4O5. The molecule has 9 nitrogen and oxygen atoms in total. The van der Waals surface area contributed by atoms with Crippen molar-refractivity contribution >= 4 is 40.9 Å². The molecule has 174 valence electrons. The van der Waals surface area contributed by atoms with E-state index < -0.39 is 17.9 Å². The predicted octanol–water partition coefficient (Wildman–Crippen LogP) is 3.11. The maximum atomic E-state index is 13.4. The van der Waals surface area contributed by atoms with E-state index in [9.17, 15) is 24.3 Å². The van der Waals surface area contributed by atoms with Crippen molar-refractivity contribution in [2.24, 2.45) is 5.73 Å². The van der Waals surface area contributed by atoms with E-state index in [2.05, 4.69) is 5.32 Å². The van der Waals surface area contributed by atoms with Crippen molar-refractivity contribution in [1.82, 2.24) is 0 Å². The van der Waals surface area contributed by atoms with Gasteiger partial charge in [0.25, 0.3) is 0 Å². The molecule has 0 aliphatic heterocycles. The number of urea groups is 1. The zero-order valence-electron chi connectivity index (χ0n) is 18.5. The van der Waals surface area contributed by atoms with Gasteiger partial charge < -0.3 is 26.0 Å². The first kappa shape index (κ1) is 24.0. The molecule has 3 rings (SSSR count). The highest BCUT2D eigenvalue weighted by atomic mass is 16.4. The monoisotopic (exact) mass is 460 g/mol. The van der Waals surface area contributed by atoms with Crippen LogP contribution in [0.4, 0.5) is 21.9 Å². The van der Waals surface area contributed by atoms with Crippen LogP contribution in [0.15, 0.2) is 78.9 Å². The number of hydrogen-bond acceptors (Lipinski definition) is 4. The number of carboxylic acids is 1. The Labute approximate surface area is 196 Å². The summed E-state index contributed by atoms with van der Waals surface area (Å²) in [6.45, 7) is -0.276. The highest BCUT2D eigenvalue weighted by Gasteiger charge is 2.25. The fraction of sp³-hybridized carbons (Fsp3) is 0.120. The van der Waals surface area contributed by atoms with Gasteiger partial charge >= 0.3 is 12.0 Å². The maximum Gasteiger partial charge on any atom is 0.336 e. The smallest absolute Gasteiger partial charge is 0.336 e. The highest BCUT2D eigenvalue weighted by molar-refractivity contribution is 6.05. The summed E-state index contributed by atoms with van der Waals surface area (Å²) in [5, 5.41) is 12.0. The lowest BCUT2D eigenvalue weighted by molar-refractivity contribution is -0.122. The van der Waals surface area contributed by atoms with Crippen LogP contribution in [0.25, 0.3) is 0 Å². The lowest BCUT2D eigenvalue weighted by atomic mass is 10.0. The van der Waals surface area contributed by atoms with E-state index >= 15 is 0 Å². The van der Waals surface area contributed by atoms with Crippen LogP contribution in [-0.2, 0) is 16.0 Å². The Morgan fingerprint density at radius 1 is 0.824 bits per heavy atom. The van der Waals surface area contributed by atoms with Gasteiger partial charge in [-0.2, -0.15) is 0 Å². The van der Waals surface area contributed by atoms with Gasteiger partial charge in [-0.15, -0.1) is 0 Å². The standard InChI is InChI=1S/C25H24N4O5/c1-28(17-9-4-2-5-10-17)23(31)16-29(18-11-6-3-7-12-18)22(30)15-20-19(24(32)33)13-8-14-21(20)27-25(26)34/h2-14H,15-16H2,1H3,(H,32,33)(H3,26,27,34). The van der Waals surface area contributed by atoms with E-state index in [1.54, 1.807) is 61.6 Å². The number of likely N-dealkylation sites (N-methyl/N-ethyl adjacent to an activating group) is 1. The van der Waals surface area contributed by atoms with Crippen molar-refractivity contribution in [1.29, 1.82) is 0 Å². The molecule has 9 heteroatoms. The van der Waals surface area contributed by atoms with Crippen LogP contribution < -0.4 is 20.9 Å². The van der Waals surface area contributed by atoms with Gasteiger partial charge in [-0.3, -0.25) is 9.59 Å². The van der Waals surface area contributed by atoms with Crippen LogP contribution >= 0.6 is 0 Å². The van der Waals surface area contributed by atoms with Crippen molar-refractivity contribution in [2.75, 3.05) is 28.7 Å². The van der Waals surface area contributed by atoms with Crippen molar-refractivity contribution in [3.05, 3.63) is 90.0 Å². The lowest BCUT2D eigenvalue weighted by Crippen LogP contribution is -2.42. The molecule has 4 amide bonds. The van der Waals surface area contributed by atoms with Gasteiger partial charge in [-0.25, -0.2) is 9.59 Å². The van der Waals surface area contributed by atoms with Crippen LogP contribution in [0.2, 0.25) is 0 Å².